The average molecular weight is 238 g/mol. The van der Waals surface area contributed by atoms with Crippen LogP contribution in [0.5, 0.6) is 5.75 Å². The van der Waals surface area contributed by atoms with Gasteiger partial charge in [0.1, 0.15) is 12.1 Å². The van der Waals surface area contributed by atoms with Gasteiger partial charge in [0, 0.05) is 18.0 Å². The van der Waals surface area contributed by atoms with Gasteiger partial charge in [-0.3, -0.25) is 0 Å². The van der Waals surface area contributed by atoms with Crippen LogP contribution in [-0.4, -0.2) is 17.1 Å². The Labute approximate surface area is 106 Å². The molecule has 18 heavy (non-hydrogen) atoms. The molecule has 1 heterocycles. The molecule has 90 valence electrons. The lowest BCUT2D eigenvalue weighted by Gasteiger charge is -2.04. The van der Waals surface area contributed by atoms with Gasteiger partial charge in [-0.2, -0.15) is 0 Å². The molecule has 3 nitrogen and oxygen atoms in total. The first-order chi connectivity index (χ1) is 8.86. The molecule has 0 bridgehead atoms. The van der Waals surface area contributed by atoms with Gasteiger partial charge in [0.15, 0.2) is 0 Å². The minimum Gasteiger partial charge on any atom is -0.497 e. The van der Waals surface area contributed by atoms with E-state index in [9.17, 15) is 0 Å². The van der Waals surface area contributed by atoms with E-state index >= 15 is 0 Å². The third-order valence-corrected chi connectivity index (χ3v) is 3.24. The number of hydrogen-bond acceptors (Lipinski definition) is 3. The maximum absolute atomic E-state index is 5.25. The molecule has 0 aliphatic heterocycles. The first kappa shape index (κ1) is 11.0. The van der Waals surface area contributed by atoms with Crippen LogP contribution in [0.2, 0.25) is 0 Å². The molecule has 1 aliphatic rings. The Hall–Kier alpha value is -2.16. The molecule has 0 fully saturated rings. The summed E-state index contributed by atoms with van der Waals surface area (Å²) in [5, 5.41) is 0. The number of aromatic nitrogens is 2. The van der Waals surface area contributed by atoms with Crippen molar-refractivity contribution >= 4 is 11.6 Å². The highest BCUT2D eigenvalue weighted by atomic mass is 16.5. The highest BCUT2D eigenvalue weighted by molar-refractivity contribution is 5.85. The van der Waals surface area contributed by atoms with Crippen LogP contribution < -0.4 is 4.74 Å². The van der Waals surface area contributed by atoms with Crippen molar-refractivity contribution in [1.82, 2.24) is 9.97 Å². The Morgan fingerprint density at radius 1 is 1.17 bits per heavy atom. The Morgan fingerprint density at radius 3 is 2.78 bits per heavy atom. The van der Waals surface area contributed by atoms with Crippen LogP contribution in [0.1, 0.15) is 23.1 Å². The van der Waals surface area contributed by atoms with E-state index in [4.69, 9.17) is 4.74 Å². The molecule has 0 N–H and O–H groups in total. The van der Waals surface area contributed by atoms with Crippen LogP contribution in [0.25, 0.3) is 11.6 Å². The van der Waals surface area contributed by atoms with E-state index < -0.39 is 0 Å². The Morgan fingerprint density at radius 2 is 2.00 bits per heavy atom. The summed E-state index contributed by atoms with van der Waals surface area (Å²) >= 11 is 0. The lowest BCUT2D eigenvalue weighted by Crippen LogP contribution is -1.86. The van der Waals surface area contributed by atoms with Gasteiger partial charge in [-0.1, -0.05) is 6.07 Å². The minimum atomic E-state index is 0.929. The van der Waals surface area contributed by atoms with Crippen molar-refractivity contribution in [2.75, 3.05) is 7.11 Å². The molecular formula is C15H14N2O. The molecule has 1 aromatic carbocycles. The summed E-state index contributed by atoms with van der Waals surface area (Å²) in [4.78, 5) is 8.07. The number of ether oxygens (including phenoxy) is 1. The molecule has 0 atom stereocenters. The van der Waals surface area contributed by atoms with Gasteiger partial charge in [-0.25, -0.2) is 9.97 Å². The van der Waals surface area contributed by atoms with Crippen molar-refractivity contribution in [2.24, 2.45) is 0 Å². The van der Waals surface area contributed by atoms with Crippen LogP contribution in [0.4, 0.5) is 0 Å². The number of methoxy groups -OCH3 is 1. The Bertz CT molecular complexity index is 591. The molecule has 0 radical (unpaired) electrons. The number of hydrogen-bond donors (Lipinski definition) is 0. The highest BCUT2D eigenvalue weighted by Gasteiger charge is 2.16. The van der Waals surface area contributed by atoms with Crippen molar-refractivity contribution in [3.05, 3.63) is 53.6 Å². The molecule has 3 rings (SSSR count). The summed E-state index contributed by atoms with van der Waals surface area (Å²) in [6.07, 6.45) is 9.53. The number of fused-ring (bicyclic) bond motifs is 1. The van der Waals surface area contributed by atoms with Gasteiger partial charge < -0.3 is 4.74 Å². The third kappa shape index (κ3) is 1.99. The standard InChI is InChI=1S/C15H14N2O/c1-18-14-4-5-15-12(2-3-13(15)7-14)6-11-8-16-10-17-9-11/h4-10H,2-3H2,1H3. The number of benzene rings is 1. The number of nitrogens with zero attached hydrogens (tertiary/aromatic N) is 2. The summed E-state index contributed by atoms with van der Waals surface area (Å²) in [6.45, 7) is 0. The molecule has 0 unspecified atom stereocenters. The van der Waals surface area contributed by atoms with Crippen LogP contribution in [0.3, 0.4) is 0 Å². The van der Waals surface area contributed by atoms with Crippen LogP contribution >= 0.6 is 0 Å². The van der Waals surface area contributed by atoms with Gasteiger partial charge in [0.25, 0.3) is 0 Å². The second-order valence-electron chi connectivity index (χ2n) is 4.36. The number of rotatable bonds is 2. The van der Waals surface area contributed by atoms with E-state index in [1.54, 1.807) is 13.4 Å². The fourth-order valence-electron chi connectivity index (χ4n) is 2.36. The molecule has 1 aromatic heterocycles. The van der Waals surface area contributed by atoms with Gasteiger partial charge >= 0.3 is 0 Å². The number of allylic oxidation sites excluding steroid dienone is 1. The molecule has 1 aliphatic carbocycles. The predicted octanol–water partition coefficient (Wildman–Crippen LogP) is 2.97. The third-order valence-electron chi connectivity index (χ3n) is 3.24. The second kappa shape index (κ2) is 4.61. The van der Waals surface area contributed by atoms with Crippen LogP contribution in [-0.2, 0) is 6.42 Å². The molecule has 0 saturated heterocycles. The summed E-state index contributed by atoms with van der Waals surface area (Å²) in [7, 11) is 1.70. The molecule has 0 amide bonds. The maximum atomic E-state index is 5.25. The lowest BCUT2D eigenvalue weighted by atomic mass is 10.1. The van der Waals surface area contributed by atoms with Crippen LogP contribution in [0, 0.1) is 0 Å². The zero-order valence-electron chi connectivity index (χ0n) is 10.3. The second-order valence-corrected chi connectivity index (χ2v) is 4.36. The van der Waals surface area contributed by atoms with E-state index in [0.29, 0.717) is 0 Å². The van der Waals surface area contributed by atoms with Crippen molar-refractivity contribution in [3.8, 4) is 5.75 Å². The Kier molecular flexibility index (Phi) is 2.81. The van der Waals surface area contributed by atoms with Crippen molar-refractivity contribution in [2.45, 2.75) is 12.8 Å². The van der Waals surface area contributed by atoms with E-state index in [0.717, 1.165) is 24.2 Å². The molecule has 0 saturated carbocycles. The summed E-state index contributed by atoms with van der Waals surface area (Å²) < 4.78 is 5.25. The molecular weight excluding hydrogens is 224 g/mol. The van der Waals surface area contributed by atoms with Gasteiger partial charge in [0.2, 0.25) is 0 Å². The number of aryl methyl sites for hydroxylation is 1. The monoisotopic (exact) mass is 238 g/mol. The van der Waals surface area contributed by atoms with Crippen molar-refractivity contribution in [1.29, 1.82) is 0 Å². The lowest BCUT2D eigenvalue weighted by molar-refractivity contribution is 0.414. The SMILES string of the molecule is COc1ccc2c(c1)CCC2=Cc1cncnc1. The van der Waals surface area contributed by atoms with Crippen molar-refractivity contribution in [3.63, 3.8) is 0 Å². The largest absolute Gasteiger partial charge is 0.497 e. The summed E-state index contributed by atoms with van der Waals surface area (Å²) in [5.74, 6) is 0.929. The molecule has 2 aromatic rings. The first-order valence-corrected chi connectivity index (χ1v) is 6.00. The first-order valence-electron chi connectivity index (χ1n) is 6.00. The Balaban J connectivity index is 1.98. The smallest absolute Gasteiger partial charge is 0.119 e. The quantitative estimate of drug-likeness (QED) is 0.806. The van der Waals surface area contributed by atoms with Gasteiger partial charge in [-0.15, -0.1) is 0 Å². The highest BCUT2D eigenvalue weighted by Crippen LogP contribution is 2.35. The summed E-state index contributed by atoms with van der Waals surface area (Å²) in [5.41, 5.74) is 5.08. The van der Waals surface area contributed by atoms with Crippen LogP contribution in [0.15, 0.2) is 36.9 Å². The normalized spacial score (nSPS) is 15.7. The zero-order chi connectivity index (χ0) is 12.4. The summed E-state index contributed by atoms with van der Waals surface area (Å²) in [6, 6.07) is 6.27. The fourth-order valence-corrected chi connectivity index (χ4v) is 2.36. The van der Waals surface area contributed by atoms with E-state index in [1.807, 2.05) is 18.5 Å². The van der Waals surface area contributed by atoms with E-state index in [2.05, 4.69) is 28.2 Å². The fraction of sp³-hybridized carbons (Fsp3) is 0.200. The van der Waals surface area contributed by atoms with Gasteiger partial charge in [-0.05, 0) is 47.8 Å². The molecule has 0 spiro atoms. The predicted molar refractivity (Wildman–Crippen MR) is 71.2 cm³/mol. The molecule has 3 heteroatoms. The van der Waals surface area contributed by atoms with E-state index in [1.165, 1.54) is 16.7 Å². The average Bonchev–Trinajstić information content (AvgIpc) is 2.82. The topological polar surface area (TPSA) is 35.0 Å². The zero-order valence-corrected chi connectivity index (χ0v) is 10.3. The minimum absolute atomic E-state index is 0.929. The maximum Gasteiger partial charge on any atom is 0.119 e. The van der Waals surface area contributed by atoms with Gasteiger partial charge in [0.05, 0.1) is 7.11 Å². The van der Waals surface area contributed by atoms with Crippen molar-refractivity contribution < 1.29 is 4.74 Å². The van der Waals surface area contributed by atoms with E-state index in [-0.39, 0.29) is 0 Å².